The minimum atomic E-state index is -0.385. The molecule has 0 radical (unpaired) electrons. The summed E-state index contributed by atoms with van der Waals surface area (Å²) in [4.78, 5) is 4.17. The van der Waals surface area contributed by atoms with Crippen LogP contribution in [0, 0.1) is 0 Å². The van der Waals surface area contributed by atoms with Gasteiger partial charge in [0, 0.05) is 12.8 Å². The standard InChI is InChI=1S/C12H17NO3/c14-9-11(10-5-1-3-7-13-10)16-12-6-2-4-8-15-12/h1,3,5,7,11-12,14H,2,4,6,8-9H2. The molecule has 1 fully saturated rings. The van der Waals surface area contributed by atoms with Crippen LogP contribution in [0.1, 0.15) is 31.1 Å². The maximum atomic E-state index is 9.29. The van der Waals surface area contributed by atoms with Crippen molar-refractivity contribution in [2.24, 2.45) is 0 Å². The third-order valence-corrected chi connectivity index (χ3v) is 2.64. The Morgan fingerprint density at radius 3 is 3.06 bits per heavy atom. The molecule has 4 heteroatoms. The van der Waals surface area contributed by atoms with Crippen molar-refractivity contribution in [1.82, 2.24) is 4.98 Å². The lowest BCUT2D eigenvalue weighted by atomic mass is 10.2. The van der Waals surface area contributed by atoms with Crippen molar-refractivity contribution >= 4 is 0 Å². The quantitative estimate of drug-likeness (QED) is 0.843. The molecule has 88 valence electrons. The van der Waals surface area contributed by atoms with E-state index in [9.17, 15) is 5.11 Å². The Bertz CT molecular complexity index is 298. The summed E-state index contributed by atoms with van der Waals surface area (Å²) in [5.41, 5.74) is 0.749. The zero-order chi connectivity index (χ0) is 11.2. The van der Waals surface area contributed by atoms with Crippen LogP contribution < -0.4 is 0 Å². The fourth-order valence-corrected chi connectivity index (χ4v) is 1.77. The number of aromatic nitrogens is 1. The number of hydrogen-bond acceptors (Lipinski definition) is 4. The molecule has 2 rings (SSSR count). The number of aliphatic hydroxyl groups excluding tert-OH is 1. The highest BCUT2D eigenvalue weighted by Crippen LogP contribution is 2.22. The van der Waals surface area contributed by atoms with E-state index in [1.807, 2.05) is 18.2 Å². The predicted molar refractivity (Wildman–Crippen MR) is 58.7 cm³/mol. The summed E-state index contributed by atoms with van der Waals surface area (Å²) in [5, 5.41) is 9.29. The van der Waals surface area contributed by atoms with E-state index < -0.39 is 0 Å². The van der Waals surface area contributed by atoms with Gasteiger partial charge < -0.3 is 14.6 Å². The Morgan fingerprint density at radius 1 is 1.50 bits per heavy atom. The van der Waals surface area contributed by atoms with Crippen molar-refractivity contribution in [2.75, 3.05) is 13.2 Å². The van der Waals surface area contributed by atoms with Crippen molar-refractivity contribution in [3.8, 4) is 0 Å². The topological polar surface area (TPSA) is 51.6 Å². The molecule has 16 heavy (non-hydrogen) atoms. The Labute approximate surface area is 95.2 Å². The molecule has 0 aromatic carbocycles. The Balaban J connectivity index is 1.94. The van der Waals surface area contributed by atoms with Crippen molar-refractivity contribution in [2.45, 2.75) is 31.7 Å². The molecule has 1 saturated heterocycles. The van der Waals surface area contributed by atoms with Gasteiger partial charge in [0.25, 0.3) is 0 Å². The van der Waals surface area contributed by atoms with Gasteiger partial charge in [0.2, 0.25) is 0 Å². The second-order valence-electron chi connectivity index (χ2n) is 3.86. The second kappa shape index (κ2) is 5.94. The summed E-state index contributed by atoms with van der Waals surface area (Å²) in [6.07, 6.45) is 4.21. The number of hydrogen-bond donors (Lipinski definition) is 1. The minimum absolute atomic E-state index is 0.0725. The van der Waals surface area contributed by atoms with Crippen molar-refractivity contribution in [1.29, 1.82) is 0 Å². The molecular formula is C12H17NO3. The molecule has 2 atom stereocenters. The highest BCUT2D eigenvalue weighted by Gasteiger charge is 2.21. The highest BCUT2D eigenvalue weighted by molar-refractivity contribution is 5.06. The summed E-state index contributed by atoms with van der Waals surface area (Å²) in [5.74, 6) is 0. The van der Waals surface area contributed by atoms with E-state index in [4.69, 9.17) is 9.47 Å². The maximum absolute atomic E-state index is 9.29. The van der Waals surface area contributed by atoms with Crippen LogP contribution in [0.4, 0.5) is 0 Å². The summed E-state index contributed by atoms with van der Waals surface area (Å²) < 4.78 is 11.2. The lowest BCUT2D eigenvalue weighted by molar-refractivity contribution is -0.197. The predicted octanol–water partition coefficient (Wildman–Crippen LogP) is 1.66. The molecule has 1 aliphatic rings. The summed E-state index contributed by atoms with van der Waals surface area (Å²) in [6, 6.07) is 5.58. The number of aliphatic hydroxyl groups is 1. The average molecular weight is 223 g/mol. The Hall–Kier alpha value is -0.970. The van der Waals surface area contributed by atoms with Crippen molar-refractivity contribution < 1.29 is 14.6 Å². The van der Waals surface area contributed by atoms with Crippen LogP contribution >= 0.6 is 0 Å². The molecular weight excluding hydrogens is 206 g/mol. The van der Waals surface area contributed by atoms with Gasteiger partial charge >= 0.3 is 0 Å². The van der Waals surface area contributed by atoms with Gasteiger partial charge in [0.1, 0.15) is 6.10 Å². The molecule has 1 aromatic heterocycles. The van der Waals surface area contributed by atoms with E-state index in [1.54, 1.807) is 6.20 Å². The zero-order valence-electron chi connectivity index (χ0n) is 9.21. The van der Waals surface area contributed by atoms with E-state index in [1.165, 1.54) is 0 Å². The van der Waals surface area contributed by atoms with E-state index >= 15 is 0 Å². The largest absolute Gasteiger partial charge is 0.393 e. The summed E-state index contributed by atoms with van der Waals surface area (Å²) in [7, 11) is 0. The number of pyridine rings is 1. The lowest BCUT2D eigenvalue weighted by Crippen LogP contribution is -2.26. The average Bonchev–Trinajstić information content (AvgIpc) is 2.38. The first-order valence-electron chi connectivity index (χ1n) is 5.69. The van der Waals surface area contributed by atoms with Gasteiger partial charge in [-0.2, -0.15) is 0 Å². The zero-order valence-corrected chi connectivity index (χ0v) is 9.21. The Kier molecular flexibility index (Phi) is 4.27. The molecule has 2 heterocycles. The fraction of sp³-hybridized carbons (Fsp3) is 0.583. The summed E-state index contributed by atoms with van der Waals surface area (Å²) in [6.45, 7) is 0.669. The van der Waals surface area contributed by atoms with E-state index in [-0.39, 0.29) is 19.0 Å². The third kappa shape index (κ3) is 3.01. The SMILES string of the molecule is OCC(OC1CCCCO1)c1ccccn1. The molecule has 0 bridgehead atoms. The second-order valence-corrected chi connectivity index (χ2v) is 3.86. The van der Waals surface area contributed by atoms with E-state index in [0.717, 1.165) is 31.6 Å². The fourth-order valence-electron chi connectivity index (χ4n) is 1.77. The third-order valence-electron chi connectivity index (χ3n) is 2.64. The molecule has 1 N–H and O–H groups in total. The van der Waals surface area contributed by atoms with Crippen LogP contribution in [0.25, 0.3) is 0 Å². The van der Waals surface area contributed by atoms with Gasteiger partial charge in [-0.3, -0.25) is 4.98 Å². The van der Waals surface area contributed by atoms with Crippen LogP contribution in [-0.4, -0.2) is 29.6 Å². The first-order valence-corrected chi connectivity index (χ1v) is 5.69. The molecule has 1 aromatic rings. The maximum Gasteiger partial charge on any atom is 0.158 e. The number of nitrogens with zero attached hydrogens (tertiary/aromatic N) is 1. The molecule has 1 aliphatic heterocycles. The van der Waals surface area contributed by atoms with Crippen LogP contribution in [0.2, 0.25) is 0 Å². The van der Waals surface area contributed by atoms with Gasteiger partial charge in [-0.05, 0) is 31.4 Å². The number of rotatable bonds is 4. The molecule has 0 saturated carbocycles. The summed E-state index contributed by atoms with van der Waals surface area (Å²) >= 11 is 0. The van der Waals surface area contributed by atoms with Gasteiger partial charge in [0.05, 0.1) is 12.3 Å². The lowest BCUT2D eigenvalue weighted by Gasteiger charge is -2.26. The normalized spacial score (nSPS) is 22.9. The first kappa shape index (κ1) is 11.5. The van der Waals surface area contributed by atoms with Crippen molar-refractivity contribution in [3.63, 3.8) is 0 Å². The number of ether oxygens (including phenoxy) is 2. The molecule has 0 spiro atoms. The molecule has 4 nitrogen and oxygen atoms in total. The van der Waals surface area contributed by atoms with Gasteiger partial charge in [-0.15, -0.1) is 0 Å². The monoisotopic (exact) mass is 223 g/mol. The van der Waals surface area contributed by atoms with Crippen LogP contribution in [0.3, 0.4) is 0 Å². The van der Waals surface area contributed by atoms with Crippen LogP contribution in [-0.2, 0) is 9.47 Å². The molecule has 2 unspecified atom stereocenters. The van der Waals surface area contributed by atoms with Crippen molar-refractivity contribution in [3.05, 3.63) is 30.1 Å². The van der Waals surface area contributed by atoms with Gasteiger partial charge in [-0.1, -0.05) is 6.07 Å². The molecule has 0 aliphatic carbocycles. The molecule has 0 amide bonds. The highest BCUT2D eigenvalue weighted by atomic mass is 16.7. The van der Waals surface area contributed by atoms with Crippen LogP contribution in [0.15, 0.2) is 24.4 Å². The first-order chi connectivity index (χ1) is 7.90. The van der Waals surface area contributed by atoms with E-state index in [0.29, 0.717) is 0 Å². The smallest absolute Gasteiger partial charge is 0.158 e. The Morgan fingerprint density at radius 2 is 2.44 bits per heavy atom. The van der Waals surface area contributed by atoms with Crippen LogP contribution in [0.5, 0.6) is 0 Å². The minimum Gasteiger partial charge on any atom is -0.393 e. The van der Waals surface area contributed by atoms with E-state index in [2.05, 4.69) is 4.98 Å². The van der Waals surface area contributed by atoms with Gasteiger partial charge in [-0.25, -0.2) is 0 Å². The van der Waals surface area contributed by atoms with Gasteiger partial charge in [0.15, 0.2) is 6.29 Å².